The van der Waals surface area contributed by atoms with Gasteiger partial charge in [-0.2, -0.15) is 0 Å². The summed E-state index contributed by atoms with van der Waals surface area (Å²) < 4.78 is 20.8. The summed E-state index contributed by atoms with van der Waals surface area (Å²) in [7, 11) is 2.90. The Balaban J connectivity index is 2.40. The fourth-order valence-corrected chi connectivity index (χ4v) is 2.20. The van der Waals surface area contributed by atoms with Crippen LogP contribution in [0.25, 0.3) is 22.3 Å². The molecule has 0 bridgehead atoms. The third-order valence-corrected chi connectivity index (χ3v) is 3.16. The predicted octanol–water partition coefficient (Wildman–Crippen LogP) is 2.78. The van der Waals surface area contributed by atoms with Crippen LogP contribution in [0.3, 0.4) is 0 Å². The minimum Gasteiger partial charge on any atom is -0.506 e. The van der Waals surface area contributed by atoms with E-state index in [9.17, 15) is 9.90 Å². The van der Waals surface area contributed by atoms with E-state index in [4.69, 9.17) is 18.3 Å². The molecule has 108 valence electrons. The number of fused-ring (bicyclic) bond motifs is 1. The zero-order chi connectivity index (χ0) is 15.0. The molecule has 1 N–H and O–H groups in total. The van der Waals surface area contributed by atoms with Crippen molar-refractivity contribution in [2.45, 2.75) is 0 Å². The molecule has 0 fully saturated rings. The molecule has 0 unspecified atom stereocenters. The minimum absolute atomic E-state index is 0.0280. The Morgan fingerprint density at radius 2 is 1.95 bits per heavy atom. The first-order chi connectivity index (χ1) is 10.2. The molecule has 2 aromatic heterocycles. The Morgan fingerprint density at radius 3 is 2.57 bits per heavy atom. The van der Waals surface area contributed by atoms with Crippen LogP contribution in [0.4, 0.5) is 0 Å². The average Bonchev–Trinajstić information content (AvgIpc) is 3.00. The van der Waals surface area contributed by atoms with Crippen LogP contribution in [0.2, 0.25) is 0 Å². The zero-order valence-electron chi connectivity index (χ0n) is 11.4. The Bertz CT molecular complexity index is 845. The fraction of sp³-hybridized carbons (Fsp3) is 0.133. The maximum Gasteiger partial charge on any atom is 0.351 e. The second-order valence-electron chi connectivity index (χ2n) is 4.27. The molecule has 0 aliphatic heterocycles. The van der Waals surface area contributed by atoms with Crippen LogP contribution in [0, 0.1) is 0 Å². The van der Waals surface area contributed by atoms with Crippen molar-refractivity contribution >= 4 is 11.0 Å². The summed E-state index contributed by atoms with van der Waals surface area (Å²) in [5.41, 5.74) is -0.629. The van der Waals surface area contributed by atoms with Crippen LogP contribution in [-0.2, 0) is 0 Å². The van der Waals surface area contributed by atoms with Gasteiger partial charge in [0.1, 0.15) is 17.1 Å². The van der Waals surface area contributed by atoms with Gasteiger partial charge in [0, 0.05) is 0 Å². The lowest BCUT2D eigenvalue weighted by Crippen LogP contribution is -2.04. The van der Waals surface area contributed by atoms with Crippen molar-refractivity contribution in [3.63, 3.8) is 0 Å². The van der Waals surface area contributed by atoms with Crippen LogP contribution >= 0.6 is 0 Å². The quantitative estimate of drug-likeness (QED) is 0.746. The van der Waals surface area contributed by atoms with E-state index in [-0.39, 0.29) is 28.4 Å². The van der Waals surface area contributed by atoms with Crippen LogP contribution in [0.15, 0.2) is 44.2 Å². The molecule has 1 aromatic carbocycles. The van der Waals surface area contributed by atoms with E-state index in [0.29, 0.717) is 11.1 Å². The number of aromatic hydroxyl groups is 1. The molecule has 0 aliphatic carbocycles. The van der Waals surface area contributed by atoms with Crippen LogP contribution in [0.5, 0.6) is 17.2 Å². The number of hydrogen-bond acceptors (Lipinski definition) is 6. The standard InChI is InChI=1S/C15H12O6/c1-18-10-6-5-8-12(16)11(9-4-3-7-20-9)15(17)21-13(8)14(10)19-2/h3-7,16H,1-2H3. The van der Waals surface area contributed by atoms with Gasteiger partial charge in [0.2, 0.25) is 5.75 Å². The van der Waals surface area contributed by atoms with Crippen LogP contribution in [0.1, 0.15) is 0 Å². The molecule has 3 rings (SSSR count). The maximum absolute atomic E-state index is 12.1. The number of hydrogen-bond donors (Lipinski definition) is 1. The Kier molecular flexibility index (Phi) is 3.06. The zero-order valence-corrected chi connectivity index (χ0v) is 11.4. The summed E-state index contributed by atoms with van der Waals surface area (Å²) >= 11 is 0. The van der Waals surface area contributed by atoms with Crippen molar-refractivity contribution in [3.8, 4) is 28.6 Å². The largest absolute Gasteiger partial charge is 0.506 e. The van der Waals surface area contributed by atoms with Crippen molar-refractivity contribution in [2.75, 3.05) is 14.2 Å². The van der Waals surface area contributed by atoms with Crippen LogP contribution < -0.4 is 15.1 Å². The van der Waals surface area contributed by atoms with E-state index in [2.05, 4.69) is 0 Å². The van der Waals surface area contributed by atoms with Crippen LogP contribution in [-0.4, -0.2) is 19.3 Å². The van der Waals surface area contributed by atoms with Crippen molar-refractivity contribution in [1.82, 2.24) is 0 Å². The molecule has 0 amide bonds. The topological polar surface area (TPSA) is 82.0 Å². The lowest BCUT2D eigenvalue weighted by molar-refractivity contribution is 0.351. The smallest absolute Gasteiger partial charge is 0.351 e. The number of furan rings is 1. The minimum atomic E-state index is -0.721. The van der Waals surface area contributed by atoms with Gasteiger partial charge >= 0.3 is 5.63 Å². The third kappa shape index (κ3) is 1.92. The van der Waals surface area contributed by atoms with Crippen molar-refractivity contribution < 1.29 is 23.4 Å². The second kappa shape index (κ2) is 4.90. The fourth-order valence-electron chi connectivity index (χ4n) is 2.20. The van der Waals surface area contributed by atoms with E-state index in [1.54, 1.807) is 24.3 Å². The average molecular weight is 288 g/mol. The van der Waals surface area contributed by atoms with Gasteiger partial charge in [-0.3, -0.25) is 0 Å². The number of ether oxygens (including phenoxy) is 2. The normalized spacial score (nSPS) is 10.8. The first kappa shape index (κ1) is 13.1. The van der Waals surface area contributed by atoms with Crippen molar-refractivity contribution in [2.24, 2.45) is 0 Å². The van der Waals surface area contributed by atoms with Gasteiger partial charge in [-0.15, -0.1) is 0 Å². The molecule has 0 atom stereocenters. The van der Waals surface area contributed by atoms with Gasteiger partial charge in [0.15, 0.2) is 11.3 Å². The van der Waals surface area contributed by atoms with E-state index in [1.807, 2.05) is 0 Å². The van der Waals surface area contributed by atoms with Gasteiger partial charge in [-0.25, -0.2) is 4.79 Å². The Labute approximate surface area is 119 Å². The van der Waals surface area contributed by atoms with E-state index < -0.39 is 5.63 Å². The molecule has 0 saturated heterocycles. The summed E-state index contributed by atoms with van der Waals surface area (Å²) in [5.74, 6) is 0.654. The van der Waals surface area contributed by atoms with Gasteiger partial charge in [0.25, 0.3) is 0 Å². The van der Waals surface area contributed by atoms with Gasteiger partial charge in [-0.1, -0.05) is 0 Å². The second-order valence-corrected chi connectivity index (χ2v) is 4.27. The Morgan fingerprint density at radius 1 is 1.14 bits per heavy atom. The molecular weight excluding hydrogens is 276 g/mol. The Hall–Kier alpha value is -2.89. The number of rotatable bonds is 3. The van der Waals surface area contributed by atoms with Crippen molar-refractivity contribution in [3.05, 3.63) is 40.9 Å². The molecule has 0 aliphatic rings. The molecule has 0 spiro atoms. The maximum atomic E-state index is 12.1. The third-order valence-electron chi connectivity index (χ3n) is 3.16. The molecular formula is C15H12O6. The summed E-state index contributed by atoms with van der Waals surface area (Å²) in [4.78, 5) is 12.1. The molecule has 0 radical (unpaired) electrons. The summed E-state index contributed by atoms with van der Waals surface area (Å²) in [6.07, 6.45) is 1.41. The monoisotopic (exact) mass is 288 g/mol. The van der Waals surface area contributed by atoms with E-state index in [1.165, 1.54) is 20.5 Å². The summed E-state index contributed by atoms with van der Waals surface area (Å²) in [6, 6.07) is 6.39. The SMILES string of the molecule is COc1ccc2c(O)c(-c3ccco3)c(=O)oc2c1OC. The lowest BCUT2D eigenvalue weighted by atomic mass is 10.1. The highest BCUT2D eigenvalue weighted by Crippen LogP contribution is 2.41. The molecule has 3 aromatic rings. The number of benzene rings is 1. The first-order valence-electron chi connectivity index (χ1n) is 6.12. The van der Waals surface area contributed by atoms with Gasteiger partial charge in [0.05, 0.1) is 25.9 Å². The van der Waals surface area contributed by atoms with Crippen molar-refractivity contribution in [1.29, 1.82) is 0 Å². The highest BCUT2D eigenvalue weighted by Gasteiger charge is 2.21. The molecule has 6 heteroatoms. The van der Waals surface area contributed by atoms with E-state index in [0.717, 1.165) is 0 Å². The molecule has 6 nitrogen and oxygen atoms in total. The van der Waals surface area contributed by atoms with E-state index >= 15 is 0 Å². The predicted molar refractivity (Wildman–Crippen MR) is 75.0 cm³/mol. The molecule has 0 saturated carbocycles. The first-order valence-corrected chi connectivity index (χ1v) is 6.12. The van der Waals surface area contributed by atoms with Gasteiger partial charge < -0.3 is 23.4 Å². The number of methoxy groups -OCH3 is 2. The molecule has 2 heterocycles. The summed E-state index contributed by atoms with van der Waals surface area (Å²) in [5, 5.41) is 10.7. The van der Waals surface area contributed by atoms with Gasteiger partial charge in [-0.05, 0) is 24.3 Å². The molecule has 21 heavy (non-hydrogen) atoms. The highest BCUT2D eigenvalue weighted by molar-refractivity contribution is 5.94. The lowest BCUT2D eigenvalue weighted by Gasteiger charge is -2.11. The highest BCUT2D eigenvalue weighted by atomic mass is 16.5. The summed E-state index contributed by atoms with van der Waals surface area (Å²) in [6.45, 7) is 0.